The van der Waals surface area contributed by atoms with Crippen LogP contribution in [0.2, 0.25) is 0 Å². The predicted molar refractivity (Wildman–Crippen MR) is 112 cm³/mol. The van der Waals surface area contributed by atoms with Crippen molar-refractivity contribution in [2.45, 2.75) is 49.8 Å². The van der Waals surface area contributed by atoms with Gasteiger partial charge in [0.2, 0.25) is 0 Å². The number of aliphatic hydroxyl groups is 2. The number of hydrogen-bond acceptors (Lipinski definition) is 8. The molecule has 1 aromatic heterocycles. The highest BCUT2D eigenvalue weighted by Gasteiger charge is 2.49. The number of thioether (sulfide) groups is 1. The van der Waals surface area contributed by atoms with Crippen molar-refractivity contribution in [1.29, 1.82) is 0 Å². The number of rotatable bonds is 6. The average molecular weight is 419 g/mol. The molecule has 5 atom stereocenters. The first-order valence-electron chi connectivity index (χ1n) is 9.69. The van der Waals surface area contributed by atoms with E-state index in [4.69, 9.17) is 4.74 Å². The molecule has 0 spiro atoms. The van der Waals surface area contributed by atoms with Crippen molar-refractivity contribution in [2.24, 2.45) is 4.99 Å². The van der Waals surface area contributed by atoms with Crippen LogP contribution in [0.25, 0.3) is 0 Å². The quantitative estimate of drug-likeness (QED) is 0.620. The van der Waals surface area contributed by atoms with Crippen LogP contribution in [0.15, 0.2) is 41.5 Å². The number of nitrogens with zero attached hydrogens (tertiary/aromatic N) is 5. The van der Waals surface area contributed by atoms with Gasteiger partial charge >= 0.3 is 0 Å². The second-order valence-corrected chi connectivity index (χ2v) is 8.30. The van der Waals surface area contributed by atoms with Crippen LogP contribution in [0.4, 0.5) is 5.69 Å². The number of benzene rings is 1. The summed E-state index contributed by atoms with van der Waals surface area (Å²) in [5.41, 5.74) is 1.61. The number of ether oxygens (including phenoxy) is 1. The summed E-state index contributed by atoms with van der Waals surface area (Å²) < 4.78 is 7.70. The Kier molecular flexibility index (Phi) is 6.04. The highest BCUT2D eigenvalue weighted by Crippen LogP contribution is 2.34. The molecule has 3 heterocycles. The lowest BCUT2D eigenvalue weighted by atomic mass is 9.98. The van der Waals surface area contributed by atoms with E-state index >= 15 is 0 Å². The zero-order valence-corrected chi connectivity index (χ0v) is 17.2. The Morgan fingerprint density at radius 1 is 1.28 bits per heavy atom. The Labute approximate surface area is 173 Å². The predicted octanol–water partition coefficient (Wildman–Crippen LogP) is 0.442. The molecule has 2 aliphatic heterocycles. The minimum atomic E-state index is -1.02. The lowest BCUT2D eigenvalue weighted by molar-refractivity contribution is -0.160. The van der Waals surface area contributed by atoms with Gasteiger partial charge in [0, 0.05) is 19.3 Å². The number of hydrogen-bond donors (Lipinski definition) is 3. The molecule has 0 amide bonds. The summed E-state index contributed by atoms with van der Waals surface area (Å²) in [6.07, 6.45) is -0.700. The third-order valence-electron chi connectivity index (χ3n) is 5.07. The van der Waals surface area contributed by atoms with E-state index in [1.165, 1.54) is 11.8 Å². The normalized spacial score (nSPS) is 30.2. The van der Waals surface area contributed by atoms with Crippen molar-refractivity contribution in [3.63, 3.8) is 0 Å². The molecule has 29 heavy (non-hydrogen) atoms. The van der Waals surface area contributed by atoms with Crippen molar-refractivity contribution < 1.29 is 14.9 Å². The molecule has 0 aliphatic carbocycles. The fourth-order valence-electron chi connectivity index (χ4n) is 3.55. The molecule has 0 saturated carbocycles. The van der Waals surface area contributed by atoms with Gasteiger partial charge in [-0.25, -0.2) is 4.68 Å². The summed E-state index contributed by atoms with van der Waals surface area (Å²) in [4.78, 5) is 6.42. The lowest BCUT2D eigenvalue weighted by Crippen LogP contribution is -2.59. The summed E-state index contributed by atoms with van der Waals surface area (Å²) in [6.45, 7) is 3.52. The minimum absolute atomic E-state index is 0.295. The van der Waals surface area contributed by atoms with Crippen molar-refractivity contribution >= 4 is 22.6 Å². The molecule has 156 valence electrons. The van der Waals surface area contributed by atoms with Gasteiger partial charge in [0.25, 0.3) is 0 Å². The van der Waals surface area contributed by atoms with Crippen molar-refractivity contribution in [3.05, 3.63) is 42.2 Å². The van der Waals surface area contributed by atoms with E-state index in [2.05, 4.69) is 25.5 Å². The third-order valence-corrected chi connectivity index (χ3v) is 6.18. The highest BCUT2D eigenvalue weighted by atomic mass is 32.2. The van der Waals surface area contributed by atoms with Gasteiger partial charge < -0.3 is 25.2 Å². The number of para-hydroxylation sites is 1. The van der Waals surface area contributed by atoms with E-state index in [-0.39, 0.29) is 11.5 Å². The number of aliphatic hydroxyl groups excluding tert-OH is 2. The number of anilines is 1. The van der Waals surface area contributed by atoms with Crippen molar-refractivity contribution in [2.75, 3.05) is 18.5 Å². The van der Waals surface area contributed by atoms with Gasteiger partial charge in [-0.2, -0.15) is 0 Å². The molecule has 1 aromatic carbocycles. The fraction of sp³-hybridized carbons (Fsp3) is 0.526. The van der Waals surface area contributed by atoms with Crippen molar-refractivity contribution in [1.82, 2.24) is 20.3 Å². The number of amidine groups is 1. The Balaban J connectivity index is 1.39. The summed E-state index contributed by atoms with van der Waals surface area (Å²) in [6, 6.07) is 9.68. The Morgan fingerprint density at radius 3 is 2.83 bits per heavy atom. The van der Waals surface area contributed by atoms with E-state index in [9.17, 15) is 10.2 Å². The summed E-state index contributed by atoms with van der Waals surface area (Å²) in [7, 11) is 2.00. The van der Waals surface area contributed by atoms with Crippen LogP contribution in [0.3, 0.4) is 0 Å². The van der Waals surface area contributed by atoms with Crippen molar-refractivity contribution in [3.8, 4) is 0 Å². The second kappa shape index (κ2) is 8.70. The van der Waals surface area contributed by atoms with Gasteiger partial charge in [0.1, 0.15) is 29.4 Å². The molecule has 4 rings (SSSR count). The van der Waals surface area contributed by atoms with E-state index in [1.807, 2.05) is 50.5 Å². The van der Waals surface area contributed by atoms with Gasteiger partial charge in [0.15, 0.2) is 5.17 Å². The summed E-state index contributed by atoms with van der Waals surface area (Å²) in [5, 5.41) is 33.3. The monoisotopic (exact) mass is 418 g/mol. The SMILES string of the molecule is CCN=C1NC2C(OC(Cn3cc(CN(C)c4ccccc4)nn3)C(O)C2O)S1. The molecule has 3 N–H and O–H groups in total. The molecule has 2 aliphatic rings. The zero-order chi connectivity index (χ0) is 20.4. The molecular weight excluding hydrogens is 392 g/mol. The van der Waals surface area contributed by atoms with Crippen LogP contribution in [-0.2, 0) is 17.8 Å². The van der Waals surface area contributed by atoms with Crippen LogP contribution in [-0.4, -0.2) is 73.8 Å². The summed E-state index contributed by atoms with van der Waals surface area (Å²) in [5.74, 6) is 0. The van der Waals surface area contributed by atoms with Gasteiger partial charge in [-0.05, 0) is 19.1 Å². The molecule has 2 aromatic rings. The Hall–Kier alpha value is -2.14. The number of aromatic nitrogens is 3. The van der Waals surface area contributed by atoms with Crippen LogP contribution in [0.5, 0.6) is 0 Å². The van der Waals surface area contributed by atoms with E-state index in [0.717, 1.165) is 16.5 Å². The molecule has 0 radical (unpaired) electrons. The Bertz CT molecular complexity index is 847. The molecule has 0 bridgehead atoms. The molecule has 2 fully saturated rings. The zero-order valence-electron chi connectivity index (χ0n) is 16.4. The maximum Gasteiger partial charge on any atom is 0.159 e. The maximum absolute atomic E-state index is 10.5. The van der Waals surface area contributed by atoms with Gasteiger partial charge in [-0.3, -0.25) is 4.99 Å². The molecule has 9 nitrogen and oxygen atoms in total. The fourth-order valence-corrected chi connectivity index (χ4v) is 4.75. The lowest BCUT2D eigenvalue weighted by Gasteiger charge is -2.38. The molecular formula is C19H26N6O3S. The maximum atomic E-state index is 10.5. The highest BCUT2D eigenvalue weighted by molar-refractivity contribution is 8.14. The van der Waals surface area contributed by atoms with E-state index < -0.39 is 18.3 Å². The average Bonchev–Trinajstić information content (AvgIpc) is 3.33. The number of fused-ring (bicyclic) bond motifs is 1. The number of nitrogens with one attached hydrogen (secondary N) is 1. The molecule has 5 unspecified atom stereocenters. The smallest absolute Gasteiger partial charge is 0.159 e. The van der Waals surface area contributed by atoms with E-state index in [0.29, 0.717) is 19.6 Å². The van der Waals surface area contributed by atoms with Crippen LogP contribution in [0.1, 0.15) is 12.6 Å². The largest absolute Gasteiger partial charge is 0.388 e. The second-order valence-electron chi connectivity index (χ2n) is 7.22. The van der Waals surface area contributed by atoms with Gasteiger partial charge in [-0.15, -0.1) is 5.10 Å². The first kappa shape index (κ1) is 20.1. The topological polar surface area (TPSA) is 108 Å². The standard InChI is InChI=1S/C19H26N6O3S/c1-3-20-19-21-15-17(27)16(26)14(28-18(15)29-19)11-25-10-12(22-23-25)9-24(2)13-7-5-4-6-8-13/h4-8,10,14-18,26-27H,3,9,11H2,1-2H3,(H,20,21). The summed E-state index contributed by atoms with van der Waals surface area (Å²) >= 11 is 1.44. The van der Waals surface area contributed by atoms with Crippen LogP contribution in [0, 0.1) is 0 Å². The van der Waals surface area contributed by atoms with Gasteiger partial charge in [0.05, 0.1) is 25.3 Å². The van der Waals surface area contributed by atoms with Gasteiger partial charge in [-0.1, -0.05) is 35.2 Å². The number of aliphatic imine (C=N–C) groups is 1. The van der Waals surface area contributed by atoms with E-state index in [1.54, 1.807) is 4.68 Å². The minimum Gasteiger partial charge on any atom is -0.388 e. The first-order valence-corrected chi connectivity index (χ1v) is 10.6. The van der Waals surface area contributed by atoms with Crippen LogP contribution < -0.4 is 10.2 Å². The van der Waals surface area contributed by atoms with Crippen LogP contribution >= 0.6 is 11.8 Å². The Morgan fingerprint density at radius 2 is 2.07 bits per heavy atom. The third kappa shape index (κ3) is 4.40. The first-order chi connectivity index (χ1) is 14.0. The molecule has 2 saturated heterocycles. The molecule has 10 heteroatoms.